The lowest BCUT2D eigenvalue weighted by molar-refractivity contribution is 0.176. The van der Waals surface area contributed by atoms with Gasteiger partial charge < -0.3 is 9.47 Å². The van der Waals surface area contributed by atoms with Crippen molar-refractivity contribution in [2.75, 3.05) is 6.61 Å². The Morgan fingerprint density at radius 3 is 2.67 bits per heavy atom. The first-order chi connectivity index (χ1) is 5.86. The number of hydrogen-bond acceptors (Lipinski definition) is 2. The van der Waals surface area contributed by atoms with E-state index in [0.717, 1.165) is 12.4 Å². The van der Waals surface area contributed by atoms with Crippen LogP contribution in [0.4, 0.5) is 0 Å². The molecule has 0 aliphatic carbocycles. The van der Waals surface area contributed by atoms with Gasteiger partial charge in [-0.05, 0) is 19.1 Å². The molecule has 0 amide bonds. The van der Waals surface area contributed by atoms with Gasteiger partial charge in [0.05, 0.1) is 6.61 Å². The molecule has 0 bridgehead atoms. The molecule has 0 radical (unpaired) electrons. The molecule has 0 N–H and O–H groups in total. The molecule has 0 saturated carbocycles. The maximum atomic E-state index is 5.61. The summed E-state index contributed by atoms with van der Waals surface area (Å²) >= 11 is 0. The first-order valence-electron chi connectivity index (χ1n) is 4.19. The Morgan fingerprint density at radius 2 is 2.08 bits per heavy atom. The van der Waals surface area contributed by atoms with Crippen LogP contribution >= 0.6 is 0 Å². The molecular weight excluding hydrogens is 152 g/mol. The molecule has 12 heavy (non-hydrogen) atoms. The van der Waals surface area contributed by atoms with E-state index in [-0.39, 0.29) is 6.10 Å². The minimum absolute atomic E-state index is 0.174. The smallest absolute Gasteiger partial charge is 0.124 e. The van der Waals surface area contributed by atoms with E-state index in [0.29, 0.717) is 6.10 Å². The van der Waals surface area contributed by atoms with E-state index >= 15 is 0 Å². The van der Waals surface area contributed by atoms with E-state index in [4.69, 9.17) is 9.47 Å². The lowest BCUT2D eigenvalue weighted by Crippen LogP contribution is -2.18. The molecule has 2 rings (SSSR count). The van der Waals surface area contributed by atoms with Crippen molar-refractivity contribution in [1.29, 1.82) is 0 Å². The molecule has 1 fully saturated rings. The van der Waals surface area contributed by atoms with Gasteiger partial charge in [-0.2, -0.15) is 0 Å². The lowest BCUT2D eigenvalue weighted by Gasteiger charge is -2.11. The molecular formula is C10H12O2. The zero-order valence-corrected chi connectivity index (χ0v) is 7.07. The Balaban J connectivity index is 1.94. The van der Waals surface area contributed by atoms with E-state index in [1.165, 1.54) is 0 Å². The first-order valence-corrected chi connectivity index (χ1v) is 4.19. The number of epoxide rings is 1. The average Bonchev–Trinajstić information content (AvgIpc) is 2.88. The van der Waals surface area contributed by atoms with E-state index in [2.05, 4.69) is 0 Å². The quantitative estimate of drug-likeness (QED) is 0.636. The summed E-state index contributed by atoms with van der Waals surface area (Å²) in [7, 11) is 0. The summed E-state index contributed by atoms with van der Waals surface area (Å²) in [6.45, 7) is 2.87. The second-order valence-corrected chi connectivity index (χ2v) is 3.01. The van der Waals surface area contributed by atoms with Gasteiger partial charge >= 0.3 is 0 Å². The highest BCUT2D eigenvalue weighted by Crippen LogP contribution is 2.19. The van der Waals surface area contributed by atoms with Crippen LogP contribution in [0.25, 0.3) is 0 Å². The molecule has 0 unspecified atom stereocenters. The second-order valence-electron chi connectivity index (χ2n) is 3.01. The number of hydrogen-bond donors (Lipinski definition) is 0. The molecule has 2 atom stereocenters. The number of benzene rings is 1. The zero-order valence-electron chi connectivity index (χ0n) is 7.07. The third kappa shape index (κ3) is 1.77. The molecule has 1 aromatic carbocycles. The fourth-order valence-electron chi connectivity index (χ4n) is 1.12. The van der Waals surface area contributed by atoms with Crippen LogP contribution in [0, 0.1) is 0 Å². The monoisotopic (exact) mass is 164 g/mol. The predicted octanol–water partition coefficient (Wildman–Crippen LogP) is 1.85. The maximum absolute atomic E-state index is 5.61. The lowest BCUT2D eigenvalue weighted by atomic mass is 10.3. The van der Waals surface area contributed by atoms with Gasteiger partial charge in [0, 0.05) is 0 Å². The Hall–Kier alpha value is -1.02. The summed E-state index contributed by atoms with van der Waals surface area (Å²) in [6, 6.07) is 9.83. The first kappa shape index (κ1) is 7.62. The van der Waals surface area contributed by atoms with Gasteiger partial charge in [0.1, 0.15) is 18.0 Å². The van der Waals surface area contributed by atoms with Gasteiger partial charge in [-0.15, -0.1) is 0 Å². The maximum Gasteiger partial charge on any atom is 0.124 e. The Labute approximate surface area is 72.1 Å². The summed E-state index contributed by atoms with van der Waals surface area (Å²) in [5.74, 6) is 0.917. The van der Waals surface area contributed by atoms with Gasteiger partial charge in [-0.3, -0.25) is 0 Å². The van der Waals surface area contributed by atoms with E-state index in [1.54, 1.807) is 0 Å². The summed E-state index contributed by atoms with van der Waals surface area (Å²) in [5, 5.41) is 0. The molecule has 2 nitrogen and oxygen atoms in total. The van der Waals surface area contributed by atoms with Crippen molar-refractivity contribution in [2.24, 2.45) is 0 Å². The Morgan fingerprint density at radius 1 is 1.42 bits per heavy atom. The summed E-state index contributed by atoms with van der Waals surface area (Å²) in [4.78, 5) is 0. The van der Waals surface area contributed by atoms with Crippen LogP contribution < -0.4 is 4.74 Å². The van der Waals surface area contributed by atoms with E-state index in [1.807, 2.05) is 37.3 Å². The summed E-state index contributed by atoms with van der Waals surface area (Å²) in [6.07, 6.45) is 0.484. The van der Waals surface area contributed by atoms with Crippen LogP contribution in [0.1, 0.15) is 6.92 Å². The fourth-order valence-corrected chi connectivity index (χ4v) is 1.12. The number of ether oxygens (including phenoxy) is 2. The fraction of sp³-hybridized carbons (Fsp3) is 0.400. The topological polar surface area (TPSA) is 21.8 Å². The molecule has 0 aromatic heterocycles. The highest BCUT2D eigenvalue weighted by Gasteiger charge is 2.30. The molecule has 1 heterocycles. The van der Waals surface area contributed by atoms with Crippen molar-refractivity contribution in [3.8, 4) is 5.75 Å². The third-order valence-corrected chi connectivity index (χ3v) is 1.95. The Kier molecular flexibility index (Phi) is 2.00. The van der Waals surface area contributed by atoms with E-state index in [9.17, 15) is 0 Å². The highest BCUT2D eigenvalue weighted by molar-refractivity contribution is 5.21. The normalized spacial score (nSPS) is 23.2. The highest BCUT2D eigenvalue weighted by atomic mass is 16.6. The van der Waals surface area contributed by atoms with Gasteiger partial charge in [0.15, 0.2) is 0 Å². The molecule has 1 aromatic rings. The van der Waals surface area contributed by atoms with Crippen molar-refractivity contribution in [2.45, 2.75) is 19.1 Å². The number of rotatable bonds is 3. The third-order valence-electron chi connectivity index (χ3n) is 1.95. The predicted molar refractivity (Wildman–Crippen MR) is 46.3 cm³/mol. The van der Waals surface area contributed by atoms with Crippen LogP contribution in [-0.4, -0.2) is 18.8 Å². The molecule has 1 aliphatic rings. The molecule has 1 saturated heterocycles. The average molecular weight is 164 g/mol. The second kappa shape index (κ2) is 3.15. The zero-order chi connectivity index (χ0) is 8.39. The largest absolute Gasteiger partial charge is 0.488 e. The van der Waals surface area contributed by atoms with Crippen molar-refractivity contribution in [1.82, 2.24) is 0 Å². The minimum atomic E-state index is 0.174. The molecule has 2 heteroatoms. The van der Waals surface area contributed by atoms with Crippen molar-refractivity contribution in [3.63, 3.8) is 0 Å². The van der Waals surface area contributed by atoms with Crippen LogP contribution in [0.3, 0.4) is 0 Å². The van der Waals surface area contributed by atoms with Gasteiger partial charge in [-0.1, -0.05) is 18.2 Å². The van der Waals surface area contributed by atoms with Crippen LogP contribution in [0.5, 0.6) is 5.75 Å². The minimum Gasteiger partial charge on any atom is -0.488 e. The molecule has 64 valence electrons. The van der Waals surface area contributed by atoms with Crippen molar-refractivity contribution in [3.05, 3.63) is 30.3 Å². The van der Waals surface area contributed by atoms with Crippen molar-refractivity contribution < 1.29 is 9.47 Å². The standard InChI is InChI=1S/C10H12O2/c1-8(10-7-11-10)12-9-5-3-2-4-6-9/h2-6,8,10H,7H2,1H3/t8-,10+/m0/s1. The summed E-state index contributed by atoms with van der Waals surface area (Å²) in [5.41, 5.74) is 0. The van der Waals surface area contributed by atoms with Gasteiger partial charge in [0.2, 0.25) is 0 Å². The number of para-hydroxylation sites is 1. The van der Waals surface area contributed by atoms with Gasteiger partial charge in [-0.25, -0.2) is 0 Å². The van der Waals surface area contributed by atoms with E-state index < -0.39 is 0 Å². The van der Waals surface area contributed by atoms with Crippen LogP contribution in [-0.2, 0) is 4.74 Å². The van der Waals surface area contributed by atoms with Crippen molar-refractivity contribution >= 4 is 0 Å². The van der Waals surface area contributed by atoms with Gasteiger partial charge in [0.25, 0.3) is 0 Å². The Bertz CT molecular complexity index is 241. The summed E-state index contributed by atoms with van der Waals surface area (Å²) < 4.78 is 10.7. The molecule has 0 spiro atoms. The molecule has 1 aliphatic heterocycles. The SMILES string of the molecule is C[C@H](Oc1ccccc1)[C@H]1CO1. The van der Waals surface area contributed by atoms with Crippen LogP contribution in [0.2, 0.25) is 0 Å². The van der Waals surface area contributed by atoms with Crippen LogP contribution in [0.15, 0.2) is 30.3 Å².